The predicted molar refractivity (Wildman–Crippen MR) is 66.2 cm³/mol. The van der Waals surface area contributed by atoms with Gasteiger partial charge in [-0.25, -0.2) is 0 Å². The molecule has 3 heterocycles. The average Bonchev–Trinajstić information content (AvgIpc) is 2.85. The summed E-state index contributed by atoms with van der Waals surface area (Å²) >= 11 is 0. The van der Waals surface area contributed by atoms with Crippen LogP contribution in [0.1, 0.15) is 11.3 Å². The van der Waals surface area contributed by atoms with E-state index in [1.807, 2.05) is 36.0 Å². The highest BCUT2D eigenvalue weighted by molar-refractivity contribution is 6.34. The van der Waals surface area contributed by atoms with E-state index in [0.717, 1.165) is 16.9 Å². The van der Waals surface area contributed by atoms with Crippen molar-refractivity contribution in [1.29, 1.82) is 0 Å². The van der Waals surface area contributed by atoms with Crippen LogP contribution in [0, 0.1) is 0 Å². The molecule has 1 amide bonds. The van der Waals surface area contributed by atoms with Crippen molar-refractivity contribution in [2.45, 2.75) is 0 Å². The van der Waals surface area contributed by atoms with Gasteiger partial charge in [0, 0.05) is 36.9 Å². The van der Waals surface area contributed by atoms with Crippen LogP contribution in [0.25, 0.3) is 11.6 Å². The predicted octanol–water partition coefficient (Wildman–Crippen LogP) is 1.91. The van der Waals surface area contributed by atoms with Crippen LogP contribution in [-0.2, 0) is 11.8 Å². The number of nitrogens with one attached hydrogen (secondary N) is 1. The third-order valence-corrected chi connectivity index (χ3v) is 2.88. The molecule has 17 heavy (non-hydrogen) atoms. The molecule has 0 saturated heterocycles. The summed E-state index contributed by atoms with van der Waals surface area (Å²) in [6.45, 7) is 0. The highest BCUT2D eigenvalue weighted by Crippen LogP contribution is 2.31. The summed E-state index contributed by atoms with van der Waals surface area (Å²) in [7, 11) is 1.95. The first-order valence-corrected chi connectivity index (χ1v) is 5.34. The lowest BCUT2D eigenvalue weighted by molar-refractivity contribution is -0.110. The molecule has 1 aliphatic heterocycles. The summed E-state index contributed by atoms with van der Waals surface area (Å²) in [6.07, 6.45) is 7.21. The Morgan fingerprint density at radius 2 is 2.29 bits per heavy atom. The Balaban J connectivity index is 2.13. The van der Waals surface area contributed by atoms with Crippen LogP contribution in [0.15, 0.2) is 36.8 Å². The second-order valence-corrected chi connectivity index (χ2v) is 3.98. The fourth-order valence-electron chi connectivity index (χ4n) is 1.95. The summed E-state index contributed by atoms with van der Waals surface area (Å²) in [5, 5.41) is 2.82. The van der Waals surface area contributed by atoms with Gasteiger partial charge in [0.05, 0.1) is 11.3 Å². The normalized spacial score (nSPS) is 16.1. The minimum atomic E-state index is -0.0748. The third kappa shape index (κ3) is 1.54. The molecule has 1 aliphatic rings. The zero-order valence-electron chi connectivity index (χ0n) is 9.34. The molecular formula is C13H11N3O. The van der Waals surface area contributed by atoms with Crippen LogP contribution in [0.3, 0.4) is 0 Å². The SMILES string of the molecule is Cn1cccc1C=C1C(=O)Nc2ccncc21. The van der Waals surface area contributed by atoms with Gasteiger partial charge >= 0.3 is 0 Å². The van der Waals surface area contributed by atoms with E-state index in [2.05, 4.69) is 10.3 Å². The quantitative estimate of drug-likeness (QED) is 0.753. The summed E-state index contributed by atoms with van der Waals surface area (Å²) in [5.41, 5.74) is 3.34. The molecular weight excluding hydrogens is 214 g/mol. The van der Waals surface area contributed by atoms with Crippen molar-refractivity contribution < 1.29 is 4.79 Å². The molecule has 2 aromatic heterocycles. The second-order valence-electron chi connectivity index (χ2n) is 3.98. The minimum absolute atomic E-state index is 0.0748. The topological polar surface area (TPSA) is 46.9 Å². The molecule has 84 valence electrons. The molecule has 0 unspecified atom stereocenters. The summed E-state index contributed by atoms with van der Waals surface area (Å²) in [5.74, 6) is -0.0748. The van der Waals surface area contributed by atoms with Crippen LogP contribution in [-0.4, -0.2) is 15.5 Å². The first kappa shape index (κ1) is 9.84. The highest BCUT2D eigenvalue weighted by Gasteiger charge is 2.23. The largest absolute Gasteiger partial charge is 0.351 e. The number of carbonyl (C=O) groups excluding carboxylic acids is 1. The minimum Gasteiger partial charge on any atom is -0.351 e. The molecule has 0 spiro atoms. The van der Waals surface area contributed by atoms with E-state index >= 15 is 0 Å². The molecule has 0 aliphatic carbocycles. The van der Waals surface area contributed by atoms with Gasteiger partial charge in [-0.15, -0.1) is 0 Å². The smallest absolute Gasteiger partial charge is 0.256 e. The van der Waals surface area contributed by atoms with Crippen molar-refractivity contribution in [3.05, 3.63) is 48.0 Å². The monoisotopic (exact) mass is 225 g/mol. The lowest BCUT2D eigenvalue weighted by Gasteiger charge is -1.99. The molecule has 0 bridgehead atoms. The number of aromatic nitrogens is 2. The number of aryl methyl sites for hydroxylation is 1. The number of hydrogen-bond donors (Lipinski definition) is 1. The van der Waals surface area contributed by atoms with Crippen LogP contribution in [0.2, 0.25) is 0 Å². The fraction of sp³-hybridized carbons (Fsp3) is 0.0769. The lowest BCUT2D eigenvalue weighted by atomic mass is 10.1. The number of fused-ring (bicyclic) bond motifs is 1. The maximum atomic E-state index is 11.9. The van der Waals surface area contributed by atoms with Gasteiger partial charge in [0.2, 0.25) is 0 Å². The number of carbonyl (C=O) groups is 1. The third-order valence-electron chi connectivity index (χ3n) is 2.88. The number of amides is 1. The maximum Gasteiger partial charge on any atom is 0.256 e. The van der Waals surface area contributed by atoms with Gasteiger partial charge in [-0.05, 0) is 24.3 Å². The number of rotatable bonds is 1. The van der Waals surface area contributed by atoms with Gasteiger partial charge in [0.15, 0.2) is 0 Å². The van der Waals surface area contributed by atoms with Gasteiger partial charge in [-0.1, -0.05) is 0 Å². The zero-order valence-corrected chi connectivity index (χ0v) is 9.34. The van der Waals surface area contributed by atoms with Gasteiger partial charge in [0.1, 0.15) is 0 Å². The molecule has 0 aromatic carbocycles. The summed E-state index contributed by atoms with van der Waals surface area (Å²) in [6, 6.07) is 5.72. The average molecular weight is 225 g/mol. The van der Waals surface area contributed by atoms with Crippen molar-refractivity contribution in [2.24, 2.45) is 7.05 Å². The van der Waals surface area contributed by atoms with E-state index in [4.69, 9.17) is 0 Å². The van der Waals surface area contributed by atoms with E-state index in [1.165, 1.54) is 0 Å². The van der Waals surface area contributed by atoms with Crippen molar-refractivity contribution in [3.8, 4) is 0 Å². The Bertz CT molecular complexity index is 625. The first-order valence-electron chi connectivity index (χ1n) is 5.34. The molecule has 4 heteroatoms. The van der Waals surface area contributed by atoms with Crippen LogP contribution in [0.4, 0.5) is 5.69 Å². The molecule has 0 radical (unpaired) electrons. The Hall–Kier alpha value is -2.36. The van der Waals surface area contributed by atoms with Crippen molar-refractivity contribution in [3.63, 3.8) is 0 Å². The Labute approximate surface area is 98.6 Å². The molecule has 0 atom stereocenters. The lowest BCUT2D eigenvalue weighted by Crippen LogP contribution is -2.03. The Kier molecular flexibility index (Phi) is 2.08. The number of pyridine rings is 1. The number of hydrogen-bond acceptors (Lipinski definition) is 2. The number of anilines is 1. The van der Waals surface area contributed by atoms with Crippen LogP contribution >= 0.6 is 0 Å². The van der Waals surface area contributed by atoms with Gasteiger partial charge < -0.3 is 9.88 Å². The first-order chi connectivity index (χ1) is 8.25. The zero-order chi connectivity index (χ0) is 11.8. The van der Waals surface area contributed by atoms with Crippen LogP contribution < -0.4 is 5.32 Å². The van der Waals surface area contributed by atoms with Crippen molar-refractivity contribution in [2.75, 3.05) is 5.32 Å². The number of nitrogens with zero attached hydrogens (tertiary/aromatic N) is 2. The molecule has 1 N–H and O–H groups in total. The summed E-state index contributed by atoms with van der Waals surface area (Å²) in [4.78, 5) is 15.9. The van der Waals surface area contributed by atoms with Crippen molar-refractivity contribution in [1.82, 2.24) is 9.55 Å². The van der Waals surface area contributed by atoms with Gasteiger partial charge in [-0.3, -0.25) is 9.78 Å². The van der Waals surface area contributed by atoms with E-state index in [1.54, 1.807) is 18.5 Å². The van der Waals surface area contributed by atoms with E-state index < -0.39 is 0 Å². The van der Waals surface area contributed by atoms with E-state index in [9.17, 15) is 4.79 Å². The molecule has 0 fully saturated rings. The van der Waals surface area contributed by atoms with Crippen LogP contribution in [0.5, 0.6) is 0 Å². The van der Waals surface area contributed by atoms with Gasteiger partial charge in [-0.2, -0.15) is 0 Å². The van der Waals surface area contributed by atoms with Gasteiger partial charge in [0.25, 0.3) is 5.91 Å². The second kappa shape index (κ2) is 3.59. The standard InChI is InChI=1S/C13H11N3O/c1-16-6-2-3-9(16)7-10-11-8-14-5-4-12(11)15-13(10)17/h2-8H,1H3,(H,15,17). The van der Waals surface area contributed by atoms with Crippen molar-refractivity contribution >= 4 is 23.2 Å². The van der Waals surface area contributed by atoms with E-state index in [0.29, 0.717) is 5.57 Å². The maximum absolute atomic E-state index is 11.9. The molecule has 0 saturated carbocycles. The van der Waals surface area contributed by atoms with E-state index in [-0.39, 0.29) is 5.91 Å². The molecule has 3 rings (SSSR count). The molecule has 4 nitrogen and oxygen atoms in total. The highest BCUT2D eigenvalue weighted by atomic mass is 16.2. The molecule has 2 aromatic rings. The summed E-state index contributed by atoms with van der Waals surface area (Å²) < 4.78 is 1.97. The Morgan fingerprint density at radius 1 is 1.41 bits per heavy atom. The Morgan fingerprint density at radius 3 is 3.06 bits per heavy atom. The fourth-order valence-corrected chi connectivity index (χ4v) is 1.95.